The monoisotopic (exact) mass is 546 g/mol. The topological polar surface area (TPSA) is 86.9 Å². The van der Waals surface area contributed by atoms with Crippen LogP contribution in [0.2, 0.25) is 10.0 Å². The highest BCUT2D eigenvalue weighted by Gasteiger charge is 2.43. The molecule has 2 N–H and O–H groups in total. The summed E-state index contributed by atoms with van der Waals surface area (Å²) >= 11 is 11.9. The summed E-state index contributed by atoms with van der Waals surface area (Å²) < 4.78 is 58.2. The van der Waals surface area contributed by atoms with Crippen LogP contribution in [0.1, 0.15) is 41.7 Å². The zero-order chi connectivity index (χ0) is 26.4. The molecule has 1 aliphatic rings. The zero-order valence-corrected chi connectivity index (χ0v) is 20.3. The number of carboxylic acids is 1. The second kappa shape index (κ2) is 9.44. The van der Waals surface area contributed by atoms with Gasteiger partial charge in [0, 0.05) is 41.6 Å². The Labute approximate surface area is 212 Å². The van der Waals surface area contributed by atoms with Gasteiger partial charge in [-0.15, -0.1) is 0 Å². The fourth-order valence-corrected chi connectivity index (χ4v) is 4.46. The van der Waals surface area contributed by atoms with E-state index in [1.807, 2.05) is 0 Å². The average molecular weight is 547 g/mol. The minimum Gasteiger partial charge on any atom is -0.478 e. The van der Waals surface area contributed by atoms with E-state index >= 15 is 0 Å². The van der Waals surface area contributed by atoms with Crippen LogP contribution in [0, 0.1) is 0 Å². The summed E-state index contributed by atoms with van der Waals surface area (Å²) in [6.07, 6.45) is -3.46. The van der Waals surface area contributed by atoms with Gasteiger partial charge in [-0.2, -0.15) is 13.2 Å². The van der Waals surface area contributed by atoms with Gasteiger partial charge in [0.2, 0.25) is 0 Å². The number of pyridine rings is 1. The molecule has 0 amide bonds. The fraction of sp³-hybridized carbons (Fsp3) is 0.348. The summed E-state index contributed by atoms with van der Waals surface area (Å²) in [4.78, 5) is 30.4. The van der Waals surface area contributed by atoms with Crippen LogP contribution in [0.25, 0.3) is 5.65 Å². The minimum atomic E-state index is -4.95. The van der Waals surface area contributed by atoms with Crippen LogP contribution in [0.4, 0.5) is 29.1 Å². The molecule has 0 radical (unpaired) electrons. The Morgan fingerprint density at radius 2 is 1.83 bits per heavy atom. The number of hydrogen-bond acceptors (Lipinski definition) is 5. The molecule has 0 aliphatic carbocycles. The van der Waals surface area contributed by atoms with E-state index in [1.54, 1.807) is 4.90 Å². The van der Waals surface area contributed by atoms with E-state index in [0.29, 0.717) is 0 Å². The van der Waals surface area contributed by atoms with Crippen molar-refractivity contribution in [2.75, 3.05) is 23.3 Å². The SMILES string of the molecule is CC1(F)CCN(c2cc(=O)n3cc(Cl)cc([C@H](Nc4ccc(Cl)cc4C(=O)O)C(F)(F)F)c3n2)CC1. The van der Waals surface area contributed by atoms with Gasteiger partial charge < -0.3 is 15.3 Å². The number of benzene rings is 1. The van der Waals surface area contributed by atoms with Crippen LogP contribution in [0.3, 0.4) is 0 Å². The number of fused-ring (bicyclic) bond motifs is 1. The number of nitrogens with zero attached hydrogens (tertiary/aromatic N) is 3. The number of anilines is 2. The smallest absolute Gasteiger partial charge is 0.412 e. The first-order valence-electron chi connectivity index (χ1n) is 10.8. The van der Waals surface area contributed by atoms with Crippen molar-refractivity contribution >= 4 is 46.3 Å². The lowest BCUT2D eigenvalue weighted by Gasteiger charge is -2.35. The Hall–Kier alpha value is -3.05. The van der Waals surface area contributed by atoms with Gasteiger partial charge in [-0.05, 0) is 44.0 Å². The van der Waals surface area contributed by atoms with Gasteiger partial charge in [-0.25, -0.2) is 14.2 Å². The lowest BCUT2D eigenvalue weighted by molar-refractivity contribution is -0.143. The molecule has 0 bridgehead atoms. The lowest BCUT2D eigenvalue weighted by atomic mass is 9.96. The molecule has 4 rings (SSSR count). The number of halogens is 6. The third kappa shape index (κ3) is 5.36. The molecule has 1 atom stereocenters. The number of alkyl halides is 4. The van der Waals surface area contributed by atoms with Crippen molar-refractivity contribution in [3.8, 4) is 0 Å². The molecule has 0 spiro atoms. The molecular formula is C23H20Cl2F4N4O3. The molecule has 1 fully saturated rings. The third-order valence-corrected chi connectivity index (χ3v) is 6.46. The molecule has 2 aromatic heterocycles. The molecule has 3 aromatic rings. The molecular weight excluding hydrogens is 527 g/mol. The fourth-order valence-electron chi connectivity index (χ4n) is 4.07. The first-order chi connectivity index (χ1) is 16.7. The van der Waals surface area contributed by atoms with Crippen LogP contribution >= 0.6 is 23.2 Å². The van der Waals surface area contributed by atoms with Gasteiger partial charge >= 0.3 is 12.1 Å². The number of piperidine rings is 1. The van der Waals surface area contributed by atoms with E-state index in [1.165, 1.54) is 13.0 Å². The molecule has 1 aliphatic heterocycles. The Morgan fingerprint density at radius 3 is 2.44 bits per heavy atom. The van der Waals surface area contributed by atoms with Crippen LogP contribution in [-0.4, -0.2) is 45.4 Å². The Kier molecular flexibility index (Phi) is 6.82. The van der Waals surface area contributed by atoms with Crippen molar-refractivity contribution < 1.29 is 27.5 Å². The van der Waals surface area contributed by atoms with Gasteiger partial charge in [0.05, 0.1) is 10.6 Å². The van der Waals surface area contributed by atoms with Crippen molar-refractivity contribution in [2.24, 2.45) is 0 Å². The predicted octanol–water partition coefficient (Wildman–Crippen LogP) is 5.74. The van der Waals surface area contributed by atoms with Crippen molar-refractivity contribution in [3.63, 3.8) is 0 Å². The molecule has 1 aromatic carbocycles. The number of nitrogens with one attached hydrogen (secondary N) is 1. The quantitative estimate of drug-likeness (QED) is 0.396. The summed E-state index contributed by atoms with van der Waals surface area (Å²) in [5, 5.41) is 11.5. The Balaban J connectivity index is 1.86. The second-order valence-corrected chi connectivity index (χ2v) is 9.65. The van der Waals surface area contributed by atoms with Crippen LogP contribution in [0.15, 0.2) is 41.3 Å². The van der Waals surface area contributed by atoms with Crippen molar-refractivity contribution in [1.82, 2.24) is 9.38 Å². The maximum Gasteiger partial charge on any atom is 0.412 e. The van der Waals surface area contributed by atoms with Crippen molar-refractivity contribution in [2.45, 2.75) is 37.7 Å². The highest BCUT2D eigenvalue weighted by molar-refractivity contribution is 6.31. The van der Waals surface area contributed by atoms with Gasteiger partial charge in [0.1, 0.15) is 17.1 Å². The first kappa shape index (κ1) is 26.0. The van der Waals surface area contributed by atoms with E-state index in [0.717, 1.165) is 34.9 Å². The van der Waals surface area contributed by atoms with Crippen molar-refractivity contribution in [1.29, 1.82) is 0 Å². The number of carbonyl (C=O) groups is 1. The molecule has 7 nitrogen and oxygen atoms in total. The van der Waals surface area contributed by atoms with Gasteiger partial charge in [-0.1, -0.05) is 23.2 Å². The summed E-state index contributed by atoms with van der Waals surface area (Å²) in [5.41, 5.74) is -3.69. The standard InChI is InChI=1S/C23H20Cl2F4N4O3/c1-22(26)4-6-32(7-5-22)17-10-18(34)33-11-13(25)9-15(20(33)31-17)19(23(27,28)29)30-16-3-2-12(24)8-14(16)21(35)36/h2-3,8-11,19,30H,4-7H2,1H3,(H,35,36)/t19-/m0/s1. The van der Waals surface area contributed by atoms with E-state index in [9.17, 15) is 32.3 Å². The number of aromatic carboxylic acids is 1. The minimum absolute atomic E-state index is 0.0264. The molecule has 3 heterocycles. The van der Waals surface area contributed by atoms with E-state index in [4.69, 9.17) is 23.2 Å². The van der Waals surface area contributed by atoms with E-state index < -0.39 is 40.5 Å². The second-order valence-electron chi connectivity index (χ2n) is 8.77. The van der Waals surface area contributed by atoms with Gasteiger partial charge in [0.15, 0.2) is 6.04 Å². The summed E-state index contributed by atoms with van der Waals surface area (Å²) in [5.74, 6) is -1.38. The average Bonchev–Trinajstić information content (AvgIpc) is 2.77. The van der Waals surface area contributed by atoms with E-state index in [2.05, 4.69) is 10.3 Å². The van der Waals surface area contributed by atoms with Crippen LogP contribution in [-0.2, 0) is 0 Å². The number of aromatic nitrogens is 2. The van der Waals surface area contributed by atoms with Gasteiger partial charge in [-0.3, -0.25) is 9.20 Å². The Morgan fingerprint density at radius 1 is 1.17 bits per heavy atom. The van der Waals surface area contributed by atoms with Gasteiger partial charge in [0.25, 0.3) is 5.56 Å². The Bertz CT molecular complexity index is 1380. The molecule has 0 unspecified atom stereocenters. The summed E-state index contributed by atoms with van der Waals surface area (Å²) in [6, 6.07) is 3.07. The van der Waals surface area contributed by atoms with Crippen LogP contribution in [0.5, 0.6) is 0 Å². The molecule has 1 saturated heterocycles. The first-order valence-corrected chi connectivity index (χ1v) is 11.5. The summed E-state index contributed by atoms with van der Waals surface area (Å²) in [6.45, 7) is 1.92. The molecule has 0 saturated carbocycles. The van der Waals surface area contributed by atoms with Crippen LogP contribution < -0.4 is 15.8 Å². The maximum atomic E-state index is 14.4. The zero-order valence-electron chi connectivity index (χ0n) is 18.7. The van der Waals surface area contributed by atoms with E-state index in [-0.39, 0.29) is 53.1 Å². The molecule has 36 heavy (non-hydrogen) atoms. The number of carboxylic acid groups (broad SMARTS) is 1. The highest BCUT2D eigenvalue weighted by Crippen LogP contribution is 2.39. The molecule has 13 heteroatoms. The summed E-state index contributed by atoms with van der Waals surface area (Å²) in [7, 11) is 0. The highest BCUT2D eigenvalue weighted by atomic mass is 35.5. The number of hydrogen-bond donors (Lipinski definition) is 2. The normalized spacial score (nSPS) is 16.7. The third-order valence-electron chi connectivity index (χ3n) is 6.02. The largest absolute Gasteiger partial charge is 0.478 e. The molecule has 192 valence electrons. The number of rotatable bonds is 5. The predicted molar refractivity (Wildman–Crippen MR) is 128 cm³/mol. The maximum absolute atomic E-state index is 14.4. The van der Waals surface area contributed by atoms with Crippen molar-refractivity contribution in [3.05, 3.63) is 68.1 Å². The lowest BCUT2D eigenvalue weighted by Crippen LogP contribution is -2.41.